The van der Waals surface area contributed by atoms with E-state index in [4.69, 9.17) is 15.1 Å². The number of methoxy groups -OCH3 is 1. The van der Waals surface area contributed by atoms with Gasteiger partial charge in [-0.3, -0.25) is 0 Å². The summed E-state index contributed by atoms with van der Waals surface area (Å²) in [4.78, 5) is 14.6. The quantitative estimate of drug-likeness (QED) is 0.754. The van der Waals surface area contributed by atoms with E-state index in [-0.39, 0.29) is 17.1 Å². The van der Waals surface area contributed by atoms with Gasteiger partial charge in [-0.25, -0.2) is 9.78 Å². The lowest BCUT2D eigenvalue weighted by molar-refractivity contribution is 0.0695. The molecule has 14 heavy (non-hydrogen) atoms. The van der Waals surface area contributed by atoms with Crippen LogP contribution in [-0.2, 0) is 0 Å². The molecular formula is C9H8N2O3. The fraction of sp³-hybridized carbons (Fsp3) is 0.222. The van der Waals surface area contributed by atoms with Crippen LogP contribution in [0.4, 0.5) is 0 Å². The fourth-order valence-corrected chi connectivity index (χ4v) is 1.02. The van der Waals surface area contributed by atoms with Crippen molar-refractivity contribution in [2.24, 2.45) is 0 Å². The first-order valence-corrected chi connectivity index (χ1v) is 3.79. The van der Waals surface area contributed by atoms with Crippen LogP contribution in [0.3, 0.4) is 0 Å². The maximum Gasteiger partial charge on any atom is 0.336 e. The molecule has 5 nitrogen and oxygen atoms in total. The highest BCUT2D eigenvalue weighted by Gasteiger charge is 2.14. The third-order valence-corrected chi connectivity index (χ3v) is 1.79. The van der Waals surface area contributed by atoms with E-state index in [1.807, 2.05) is 6.07 Å². The molecule has 1 heterocycles. The Balaban J connectivity index is 3.44. The van der Waals surface area contributed by atoms with E-state index in [1.54, 1.807) is 0 Å². The van der Waals surface area contributed by atoms with Gasteiger partial charge >= 0.3 is 5.97 Å². The van der Waals surface area contributed by atoms with Gasteiger partial charge in [0.15, 0.2) is 0 Å². The van der Waals surface area contributed by atoms with Gasteiger partial charge in [0, 0.05) is 11.6 Å². The minimum atomic E-state index is -1.10. The number of rotatable bonds is 2. The molecule has 0 aliphatic carbocycles. The van der Waals surface area contributed by atoms with Crippen LogP contribution < -0.4 is 4.74 Å². The van der Waals surface area contributed by atoms with Crippen molar-refractivity contribution in [1.82, 2.24) is 4.98 Å². The van der Waals surface area contributed by atoms with Crippen molar-refractivity contribution < 1.29 is 14.6 Å². The predicted molar refractivity (Wildman–Crippen MR) is 47.2 cm³/mol. The highest BCUT2D eigenvalue weighted by atomic mass is 16.5. The van der Waals surface area contributed by atoms with Crippen LogP contribution in [0.25, 0.3) is 0 Å². The second-order valence-electron chi connectivity index (χ2n) is 2.60. The topological polar surface area (TPSA) is 83.2 Å². The van der Waals surface area contributed by atoms with E-state index in [9.17, 15) is 4.79 Å². The molecule has 72 valence electrons. The summed E-state index contributed by atoms with van der Waals surface area (Å²) in [5.41, 5.74) is 0.455. The van der Waals surface area contributed by atoms with Gasteiger partial charge in [-0.2, -0.15) is 5.26 Å². The molecule has 0 aliphatic rings. The number of hydrogen-bond donors (Lipinski definition) is 1. The van der Waals surface area contributed by atoms with E-state index < -0.39 is 5.97 Å². The second kappa shape index (κ2) is 3.75. The number of pyridine rings is 1. The number of ether oxygens (including phenoxy) is 1. The van der Waals surface area contributed by atoms with Crippen molar-refractivity contribution in [3.05, 3.63) is 22.9 Å². The standard InChI is InChI=1S/C9H8N2O3/c1-5-6(9(12)13)3-8(14-2)11-7(5)4-10/h3H,1-2H3,(H,12,13). The van der Waals surface area contributed by atoms with Gasteiger partial charge < -0.3 is 9.84 Å². The Kier molecular flexibility index (Phi) is 2.67. The Morgan fingerprint density at radius 2 is 2.36 bits per heavy atom. The van der Waals surface area contributed by atoms with Gasteiger partial charge in [-0.1, -0.05) is 0 Å². The molecule has 0 aromatic carbocycles. The highest BCUT2D eigenvalue weighted by molar-refractivity contribution is 5.90. The van der Waals surface area contributed by atoms with E-state index >= 15 is 0 Å². The Bertz CT molecular complexity index is 421. The SMILES string of the molecule is COc1cc(C(=O)O)c(C)c(C#N)n1. The minimum absolute atomic E-state index is 0.0356. The average Bonchev–Trinajstić information content (AvgIpc) is 2.17. The maximum atomic E-state index is 10.8. The molecule has 0 fully saturated rings. The summed E-state index contributed by atoms with van der Waals surface area (Å²) in [7, 11) is 1.37. The van der Waals surface area contributed by atoms with Crippen LogP contribution in [0, 0.1) is 18.3 Å². The molecule has 0 bridgehead atoms. The summed E-state index contributed by atoms with van der Waals surface area (Å²) >= 11 is 0. The lowest BCUT2D eigenvalue weighted by Gasteiger charge is -2.05. The molecule has 5 heteroatoms. The third kappa shape index (κ3) is 1.64. The van der Waals surface area contributed by atoms with Crippen molar-refractivity contribution in [2.45, 2.75) is 6.92 Å². The van der Waals surface area contributed by atoms with Gasteiger partial charge in [-0.15, -0.1) is 0 Å². The second-order valence-corrected chi connectivity index (χ2v) is 2.60. The zero-order chi connectivity index (χ0) is 10.7. The lowest BCUT2D eigenvalue weighted by atomic mass is 10.1. The van der Waals surface area contributed by atoms with Crippen molar-refractivity contribution in [3.8, 4) is 11.9 Å². The van der Waals surface area contributed by atoms with E-state index in [0.717, 1.165) is 0 Å². The number of nitriles is 1. The molecule has 0 spiro atoms. The Labute approximate surface area is 80.6 Å². The van der Waals surface area contributed by atoms with Crippen LogP contribution in [0.2, 0.25) is 0 Å². The lowest BCUT2D eigenvalue weighted by Crippen LogP contribution is -2.04. The molecule has 1 aromatic heterocycles. The van der Waals surface area contributed by atoms with Gasteiger partial charge in [0.1, 0.15) is 11.8 Å². The first kappa shape index (κ1) is 9.99. The largest absolute Gasteiger partial charge is 0.481 e. The minimum Gasteiger partial charge on any atom is -0.481 e. The molecule has 0 amide bonds. The smallest absolute Gasteiger partial charge is 0.336 e. The number of carbonyl (C=O) groups is 1. The number of carboxylic acid groups (broad SMARTS) is 1. The first-order chi connectivity index (χ1) is 6.60. The van der Waals surface area contributed by atoms with Crippen LogP contribution in [0.1, 0.15) is 21.6 Å². The van der Waals surface area contributed by atoms with Crippen LogP contribution >= 0.6 is 0 Å². The zero-order valence-corrected chi connectivity index (χ0v) is 7.74. The van der Waals surface area contributed by atoms with E-state index in [0.29, 0.717) is 5.56 Å². The Morgan fingerprint density at radius 1 is 1.71 bits per heavy atom. The summed E-state index contributed by atoms with van der Waals surface area (Å²) in [6.07, 6.45) is 0. The van der Waals surface area contributed by atoms with Gasteiger partial charge in [0.25, 0.3) is 0 Å². The maximum absolute atomic E-state index is 10.8. The molecule has 0 unspecified atom stereocenters. The molecule has 0 radical (unpaired) electrons. The molecule has 0 atom stereocenters. The van der Waals surface area contributed by atoms with Crippen molar-refractivity contribution in [3.63, 3.8) is 0 Å². The van der Waals surface area contributed by atoms with Crippen LogP contribution in [0.15, 0.2) is 6.07 Å². The number of aromatic carboxylic acids is 1. The number of nitrogens with zero attached hydrogens (tertiary/aromatic N) is 2. The monoisotopic (exact) mass is 192 g/mol. The summed E-state index contributed by atoms with van der Waals surface area (Å²) in [6.45, 7) is 1.54. The average molecular weight is 192 g/mol. The normalized spacial score (nSPS) is 9.21. The Morgan fingerprint density at radius 3 is 2.79 bits per heavy atom. The predicted octanol–water partition coefficient (Wildman–Crippen LogP) is 0.968. The van der Waals surface area contributed by atoms with Crippen molar-refractivity contribution in [1.29, 1.82) is 5.26 Å². The molecule has 0 saturated carbocycles. The van der Waals surface area contributed by atoms with Gasteiger partial charge in [0.05, 0.1) is 12.7 Å². The van der Waals surface area contributed by atoms with Crippen LogP contribution in [0.5, 0.6) is 5.88 Å². The molecule has 1 N–H and O–H groups in total. The summed E-state index contributed by atoms with van der Waals surface area (Å²) < 4.78 is 4.78. The zero-order valence-electron chi connectivity index (χ0n) is 7.74. The summed E-state index contributed by atoms with van der Waals surface area (Å²) in [5, 5.41) is 17.5. The van der Waals surface area contributed by atoms with Crippen LogP contribution in [-0.4, -0.2) is 23.2 Å². The number of aromatic nitrogens is 1. The van der Waals surface area contributed by atoms with Crippen molar-refractivity contribution >= 4 is 5.97 Å². The number of carboxylic acids is 1. The first-order valence-electron chi connectivity index (χ1n) is 3.79. The third-order valence-electron chi connectivity index (χ3n) is 1.79. The van der Waals surface area contributed by atoms with E-state index in [2.05, 4.69) is 4.98 Å². The number of hydrogen-bond acceptors (Lipinski definition) is 4. The fourth-order valence-electron chi connectivity index (χ4n) is 1.02. The molecular weight excluding hydrogens is 184 g/mol. The summed E-state index contributed by atoms with van der Waals surface area (Å²) in [6, 6.07) is 3.10. The Hall–Kier alpha value is -2.09. The van der Waals surface area contributed by atoms with Gasteiger partial charge in [-0.05, 0) is 6.92 Å². The summed E-state index contributed by atoms with van der Waals surface area (Å²) in [5.74, 6) is -0.968. The molecule has 0 aliphatic heterocycles. The van der Waals surface area contributed by atoms with Gasteiger partial charge in [0.2, 0.25) is 5.88 Å². The highest BCUT2D eigenvalue weighted by Crippen LogP contribution is 2.17. The molecule has 0 saturated heterocycles. The molecule has 1 aromatic rings. The van der Waals surface area contributed by atoms with Crippen molar-refractivity contribution in [2.75, 3.05) is 7.11 Å². The van der Waals surface area contributed by atoms with E-state index in [1.165, 1.54) is 20.1 Å². The molecule has 1 rings (SSSR count).